The van der Waals surface area contributed by atoms with Crippen molar-refractivity contribution in [2.75, 3.05) is 27.2 Å². The molecule has 1 aliphatic heterocycles. The Hall–Kier alpha value is -3.39. The van der Waals surface area contributed by atoms with Crippen molar-refractivity contribution < 1.29 is 13.5 Å². The quantitative estimate of drug-likeness (QED) is 0.349. The molecular weight excluding hydrogens is 512 g/mol. The van der Waals surface area contributed by atoms with Crippen molar-refractivity contribution in [2.24, 2.45) is 0 Å². The molecule has 0 radical (unpaired) electrons. The summed E-state index contributed by atoms with van der Waals surface area (Å²) < 4.78 is 37.7. The van der Waals surface area contributed by atoms with Gasteiger partial charge in [-0.25, -0.2) is 18.4 Å². The molecular formula is C27H28ClF2N7O. The second kappa shape index (κ2) is 10.8. The van der Waals surface area contributed by atoms with E-state index in [4.69, 9.17) is 16.3 Å². The minimum absolute atomic E-state index is 0.0207. The highest BCUT2D eigenvalue weighted by atomic mass is 35.5. The summed E-state index contributed by atoms with van der Waals surface area (Å²) in [6.07, 6.45) is 1.56. The number of ether oxygens (including phenoxy) is 1. The second-order valence-electron chi connectivity index (χ2n) is 9.98. The number of benzene rings is 2. The number of fused-ring (bicyclic) bond motifs is 3. The van der Waals surface area contributed by atoms with Gasteiger partial charge in [-0.3, -0.25) is 0 Å². The Morgan fingerprint density at radius 2 is 2.03 bits per heavy atom. The van der Waals surface area contributed by atoms with Crippen molar-refractivity contribution in [2.45, 2.75) is 44.4 Å². The molecule has 1 saturated heterocycles. The number of likely N-dealkylation sites (N-methyl/N-ethyl adjacent to an activating group) is 1. The zero-order chi connectivity index (χ0) is 27.0. The fraction of sp³-hybridized carbons (Fsp3) is 0.407. The standard InChI is InChI=1S/C27H28ClF2N7O/c1-15(14-36(2)3)38-27-25-26(37(35-34-25)19-9-11-32-18(12-19)8-10-31)20-13-21(28)22(23(30)24(20)33-27)16-4-6-17(29)7-5-16/h4-7,13,15,18-19,32H,8-9,11-12,14H2,1-3H3/t15-,18+,19-/m0/s1. The van der Waals surface area contributed by atoms with Gasteiger partial charge in [0.2, 0.25) is 5.88 Å². The molecule has 198 valence electrons. The van der Waals surface area contributed by atoms with Gasteiger partial charge in [-0.2, -0.15) is 5.26 Å². The molecule has 11 heteroatoms. The highest BCUT2D eigenvalue weighted by Crippen LogP contribution is 2.40. The van der Waals surface area contributed by atoms with Crippen LogP contribution in [0.5, 0.6) is 5.88 Å². The van der Waals surface area contributed by atoms with Crippen LogP contribution in [-0.2, 0) is 0 Å². The highest BCUT2D eigenvalue weighted by molar-refractivity contribution is 6.34. The van der Waals surface area contributed by atoms with Crippen molar-refractivity contribution in [3.63, 3.8) is 0 Å². The molecule has 1 aliphatic rings. The van der Waals surface area contributed by atoms with Gasteiger partial charge in [0.1, 0.15) is 23.0 Å². The molecule has 1 N–H and O–H groups in total. The number of nitriles is 1. The first kappa shape index (κ1) is 26.2. The maximum absolute atomic E-state index is 16.2. The van der Waals surface area contributed by atoms with Crippen LogP contribution in [0.2, 0.25) is 5.02 Å². The molecule has 3 heterocycles. The minimum Gasteiger partial charge on any atom is -0.472 e. The Bertz CT molecular complexity index is 1520. The first-order chi connectivity index (χ1) is 18.3. The van der Waals surface area contributed by atoms with Crippen molar-refractivity contribution in [3.8, 4) is 23.1 Å². The van der Waals surface area contributed by atoms with Crippen LogP contribution in [-0.4, -0.2) is 64.2 Å². The molecule has 0 bridgehead atoms. The number of hydrogen-bond donors (Lipinski definition) is 1. The zero-order valence-electron chi connectivity index (χ0n) is 21.4. The molecule has 38 heavy (non-hydrogen) atoms. The number of aromatic nitrogens is 4. The van der Waals surface area contributed by atoms with E-state index in [1.165, 1.54) is 24.3 Å². The lowest BCUT2D eigenvalue weighted by atomic mass is 9.97. The third-order valence-electron chi connectivity index (χ3n) is 6.78. The number of nitrogens with one attached hydrogen (secondary N) is 1. The van der Waals surface area contributed by atoms with Crippen LogP contribution in [0.3, 0.4) is 0 Å². The van der Waals surface area contributed by atoms with Gasteiger partial charge in [-0.1, -0.05) is 28.9 Å². The smallest absolute Gasteiger partial charge is 0.245 e. The summed E-state index contributed by atoms with van der Waals surface area (Å²) >= 11 is 6.64. The highest BCUT2D eigenvalue weighted by Gasteiger charge is 2.29. The molecule has 0 saturated carbocycles. The fourth-order valence-corrected chi connectivity index (χ4v) is 5.48. The van der Waals surface area contributed by atoms with Crippen molar-refractivity contribution in [1.82, 2.24) is 30.2 Å². The first-order valence-electron chi connectivity index (χ1n) is 12.5. The predicted octanol–water partition coefficient (Wildman–Crippen LogP) is 5.11. The van der Waals surface area contributed by atoms with Crippen LogP contribution in [0.25, 0.3) is 33.1 Å². The van der Waals surface area contributed by atoms with Crippen molar-refractivity contribution in [3.05, 3.63) is 47.0 Å². The Balaban J connectivity index is 1.72. The van der Waals surface area contributed by atoms with E-state index >= 15 is 4.39 Å². The molecule has 3 atom stereocenters. The minimum atomic E-state index is -0.633. The third kappa shape index (κ3) is 5.01. The summed E-state index contributed by atoms with van der Waals surface area (Å²) in [5, 5.41) is 22.1. The van der Waals surface area contributed by atoms with Gasteiger partial charge in [-0.05, 0) is 64.2 Å². The van der Waals surface area contributed by atoms with Crippen molar-refractivity contribution >= 4 is 33.5 Å². The van der Waals surface area contributed by atoms with Gasteiger partial charge >= 0.3 is 0 Å². The Labute approximate surface area is 224 Å². The predicted molar refractivity (Wildman–Crippen MR) is 142 cm³/mol. The van der Waals surface area contributed by atoms with Gasteiger partial charge < -0.3 is 15.0 Å². The van der Waals surface area contributed by atoms with E-state index < -0.39 is 11.6 Å². The molecule has 2 aromatic heterocycles. The van der Waals surface area contributed by atoms with E-state index in [1.54, 1.807) is 10.7 Å². The van der Waals surface area contributed by atoms with Crippen LogP contribution in [0.1, 0.15) is 32.2 Å². The lowest BCUT2D eigenvalue weighted by Crippen LogP contribution is -2.38. The number of halogens is 3. The lowest BCUT2D eigenvalue weighted by Gasteiger charge is -2.29. The Morgan fingerprint density at radius 1 is 1.26 bits per heavy atom. The number of piperidine rings is 1. The summed E-state index contributed by atoms with van der Waals surface area (Å²) in [5.41, 5.74) is 1.64. The first-order valence-corrected chi connectivity index (χ1v) is 12.9. The summed E-state index contributed by atoms with van der Waals surface area (Å²) in [5.74, 6) is -0.878. The Morgan fingerprint density at radius 3 is 2.74 bits per heavy atom. The second-order valence-corrected chi connectivity index (χ2v) is 10.4. The number of rotatable bonds is 7. The average Bonchev–Trinajstić information content (AvgIpc) is 3.32. The number of nitrogens with zero attached hydrogens (tertiary/aromatic N) is 6. The SMILES string of the molecule is C[C@@H](CN(C)C)Oc1nc2c(F)c(-c3ccc(F)cc3)c(Cl)cc2c2c1nnn2[C@H]1CCN[C@H](CC#N)C1. The van der Waals surface area contributed by atoms with E-state index in [9.17, 15) is 9.65 Å². The topological polar surface area (TPSA) is 91.9 Å². The molecule has 0 amide bonds. The molecule has 1 fully saturated rings. The summed E-state index contributed by atoms with van der Waals surface area (Å²) in [6, 6.07) is 9.33. The average molecular weight is 540 g/mol. The fourth-order valence-electron chi connectivity index (χ4n) is 5.17. The van der Waals surface area contributed by atoms with Crippen LogP contribution in [0, 0.1) is 23.0 Å². The molecule has 5 rings (SSSR count). The molecule has 0 spiro atoms. The Kier molecular flexibility index (Phi) is 7.43. The molecule has 2 aromatic carbocycles. The molecule has 0 unspecified atom stereocenters. The van der Waals surface area contributed by atoms with E-state index in [0.717, 1.165) is 6.42 Å². The van der Waals surface area contributed by atoms with Crippen LogP contribution in [0.4, 0.5) is 8.78 Å². The maximum Gasteiger partial charge on any atom is 0.245 e. The van der Waals surface area contributed by atoms with Crippen LogP contribution in [0.15, 0.2) is 30.3 Å². The zero-order valence-corrected chi connectivity index (χ0v) is 22.1. The van der Waals surface area contributed by atoms with Crippen LogP contribution >= 0.6 is 11.6 Å². The molecule has 8 nitrogen and oxygen atoms in total. The van der Waals surface area contributed by atoms with E-state index in [1.807, 2.05) is 25.9 Å². The largest absolute Gasteiger partial charge is 0.472 e. The maximum atomic E-state index is 16.2. The van der Waals surface area contributed by atoms with E-state index in [2.05, 4.69) is 26.7 Å². The van der Waals surface area contributed by atoms with Crippen LogP contribution < -0.4 is 10.1 Å². The van der Waals surface area contributed by atoms with Gasteiger partial charge in [0, 0.05) is 23.5 Å². The number of hydrogen-bond acceptors (Lipinski definition) is 7. The normalized spacial score (nSPS) is 18.7. The van der Waals surface area contributed by atoms with Gasteiger partial charge in [0.15, 0.2) is 11.3 Å². The summed E-state index contributed by atoms with van der Waals surface area (Å²) in [4.78, 5) is 6.56. The molecule has 0 aliphatic carbocycles. The van der Waals surface area contributed by atoms with Gasteiger partial charge in [-0.15, -0.1) is 5.10 Å². The number of pyridine rings is 1. The monoisotopic (exact) mass is 539 g/mol. The summed E-state index contributed by atoms with van der Waals surface area (Å²) in [6.45, 7) is 3.24. The third-order valence-corrected chi connectivity index (χ3v) is 7.07. The van der Waals surface area contributed by atoms with Crippen molar-refractivity contribution in [1.29, 1.82) is 5.26 Å². The lowest BCUT2D eigenvalue weighted by molar-refractivity contribution is 0.173. The summed E-state index contributed by atoms with van der Waals surface area (Å²) in [7, 11) is 3.87. The van der Waals surface area contributed by atoms with E-state index in [0.29, 0.717) is 47.9 Å². The molecule has 4 aromatic rings. The van der Waals surface area contributed by atoms with E-state index in [-0.39, 0.29) is 40.2 Å². The van der Waals surface area contributed by atoms with Gasteiger partial charge in [0.05, 0.1) is 23.6 Å². The van der Waals surface area contributed by atoms with Gasteiger partial charge in [0.25, 0.3) is 0 Å².